The molecule has 2 aromatic rings. The van der Waals surface area contributed by atoms with Crippen molar-refractivity contribution in [1.29, 1.82) is 0 Å². The SMILES string of the molecule is CCCCOC(=O)c1nc(C(=O)N2CC(F)(F)C[C@@H]2C)c(-c2cnc(N[C@@H](C)C(F)(F)F)cc2C(F)F)s1. The van der Waals surface area contributed by atoms with Gasteiger partial charge >= 0.3 is 12.1 Å². The van der Waals surface area contributed by atoms with Crippen molar-refractivity contribution in [3.05, 3.63) is 28.5 Å². The molecular formula is C23H25F7N4O3S. The summed E-state index contributed by atoms with van der Waals surface area (Å²) in [5.41, 5.74) is -1.70. The predicted molar refractivity (Wildman–Crippen MR) is 125 cm³/mol. The average molecular weight is 571 g/mol. The molecule has 1 saturated heterocycles. The molecule has 1 amide bonds. The van der Waals surface area contributed by atoms with Gasteiger partial charge < -0.3 is 15.0 Å². The van der Waals surface area contributed by atoms with E-state index in [1.54, 1.807) is 0 Å². The molecule has 3 rings (SSSR count). The number of hydrogen-bond donors (Lipinski definition) is 1. The van der Waals surface area contributed by atoms with Crippen LogP contribution < -0.4 is 5.32 Å². The smallest absolute Gasteiger partial charge is 0.408 e. The van der Waals surface area contributed by atoms with Crippen LogP contribution in [0.15, 0.2) is 12.3 Å². The van der Waals surface area contributed by atoms with Crippen molar-refractivity contribution < 1.29 is 45.1 Å². The highest BCUT2D eigenvalue weighted by Gasteiger charge is 2.46. The number of aromatic nitrogens is 2. The van der Waals surface area contributed by atoms with E-state index < -0.39 is 72.5 Å². The monoisotopic (exact) mass is 570 g/mol. The summed E-state index contributed by atoms with van der Waals surface area (Å²) in [4.78, 5) is 34.1. The second-order valence-corrected chi connectivity index (χ2v) is 9.89. The van der Waals surface area contributed by atoms with Gasteiger partial charge in [-0.25, -0.2) is 32.3 Å². The maximum Gasteiger partial charge on any atom is 0.408 e. The van der Waals surface area contributed by atoms with Crippen LogP contribution in [0.3, 0.4) is 0 Å². The van der Waals surface area contributed by atoms with Gasteiger partial charge in [0.15, 0.2) is 0 Å². The minimum atomic E-state index is -4.68. The lowest BCUT2D eigenvalue weighted by Crippen LogP contribution is -2.35. The van der Waals surface area contributed by atoms with E-state index in [-0.39, 0.29) is 22.1 Å². The summed E-state index contributed by atoms with van der Waals surface area (Å²) in [6, 6.07) is -2.31. The van der Waals surface area contributed by atoms with Crippen LogP contribution in [0.4, 0.5) is 36.6 Å². The highest BCUT2D eigenvalue weighted by atomic mass is 32.1. The van der Waals surface area contributed by atoms with E-state index in [1.807, 2.05) is 12.2 Å². The molecule has 0 spiro atoms. The molecule has 15 heteroatoms. The molecule has 0 aromatic carbocycles. The first-order chi connectivity index (χ1) is 17.6. The fourth-order valence-electron chi connectivity index (χ4n) is 3.75. The first kappa shape index (κ1) is 29.6. The number of carbonyl (C=O) groups is 2. The fraction of sp³-hybridized carbons (Fsp3) is 0.565. The Morgan fingerprint density at radius 3 is 2.55 bits per heavy atom. The van der Waals surface area contributed by atoms with Gasteiger partial charge in [-0.3, -0.25) is 4.79 Å². The lowest BCUT2D eigenvalue weighted by atomic mass is 10.1. The number of nitrogens with zero attached hydrogens (tertiary/aromatic N) is 3. The Kier molecular flexibility index (Phi) is 8.89. The van der Waals surface area contributed by atoms with Crippen LogP contribution in [-0.2, 0) is 4.74 Å². The van der Waals surface area contributed by atoms with Gasteiger partial charge in [-0.1, -0.05) is 13.3 Å². The van der Waals surface area contributed by atoms with Crippen molar-refractivity contribution in [3.63, 3.8) is 0 Å². The zero-order valence-electron chi connectivity index (χ0n) is 20.5. The molecule has 0 unspecified atom stereocenters. The average Bonchev–Trinajstić information content (AvgIpc) is 3.38. The first-order valence-corrected chi connectivity index (χ1v) is 12.4. The highest BCUT2D eigenvalue weighted by Crippen LogP contribution is 2.40. The van der Waals surface area contributed by atoms with Crippen molar-refractivity contribution in [1.82, 2.24) is 14.9 Å². The van der Waals surface area contributed by atoms with Gasteiger partial charge in [0.25, 0.3) is 18.3 Å². The number of esters is 1. The number of nitrogens with one attached hydrogen (secondary N) is 1. The maximum absolute atomic E-state index is 14.1. The fourth-order valence-corrected chi connectivity index (χ4v) is 4.73. The molecule has 1 fully saturated rings. The normalized spacial score (nSPS) is 18.1. The molecule has 0 radical (unpaired) electrons. The first-order valence-electron chi connectivity index (χ1n) is 11.6. The summed E-state index contributed by atoms with van der Waals surface area (Å²) in [5, 5.41) is 1.62. The lowest BCUT2D eigenvalue weighted by molar-refractivity contribution is -0.138. The molecule has 2 atom stereocenters. The van der Waals surface area contributed by atoms with Gasteiger partial charge in [-0.05, 0) is 26.3 Å². The Morgan fingerprint density at radius 1 is 1.32 bits per heavy atom. The summed E-state index contributed by atoms with van der Waals surface area (Å²) in [5.74, 6) is -5.63. The van der Waals surface area contributed by atoms with Crippen LogP contribution in [0.1, 0.15) is 72.3 Å². The third-order valence-electron chi connectivity index (χ3n) is 5.80. The molecule has 1 aliphatic heterocycles. The number of anilines is 1. The molecule has 210 valence electrons. The molecule has 0 bridgehead atoms. The molecular weight excluding hydrogens is 545 g/mol. The number of carbonyl (C=O) groups excluding carboxylic acids is 2. The second kappa shape index (κ2) is 11.4. The third-order valence-corrected chi connectivity index (χ3v) is 6.86. The Balaban J connectivity index is 2.08. The van der Waals surface area contributed by atoms with E-state index in [9.17, 15) is 40.3 Å². The number of hydrogen-bond acceptors (Lipinski definition) is 7. The number of alkyl halides is 7. The van der Waals surface area contributed by atoms with E-state index in [1.165, 1.54) is 6.92 Å². The maximum atomic E-state index is 14.1. The summed E-state index contributed by atoms with van der Waals surface area (Å²) < 4.78 is 99.9. The number of pyridine rings is 1. The molecule has 0 saturated carbocycles. The van der Waals surface area contributed by atoms with E-state index >= 15 is 0 Å². The van der Waals surface area contributed by atoms with E-state index in [0.717, 1.165) is 18.0 Å². The summed E-state index contributed by atoms with van der Waals surface area (Å²) in [6.45, 7) is 3.12. The Bertz CT molecular complexity index is 1170. The van der Waals surface area contributed by atoms with Crippen molar-refractivity contribution in [3.8, 4) is 10.4 Å². The standard InChI is InChI=1S/C23H25F7N4O3S/c1-4-5-6-37-21(36)19-33-16(20(35)34-10-22(26,27)8-11(34)2)17(38-19)14-9-31-15(7-13(14)18(24)25)32-12(3)23(28,29)30/h7,9,11-12,18H,4-6,8,10H2,1-3H3,(H,31,32)/t11-,12-/m0/s1. The van der Waals surface area contributed by atoms with Crippen LogP contribution in [-0.4, -0.2) is 64.1 Å². The molecule has 38 heavy (non-hydrogen) atoms. The summed E-state index contributed by atoms with van der Waals surface area (Å²) in [7, 11) is 0. The summed E-state index contributed by atoms with van der Waals surface area (Å²) in [6.07, 6.45) is -6.46. The summed E-state index contributed by atoms with van der Waals surface area (Å²) >= 11 is 0.528. The quantitative estimate of drug-likeness (QED) is 0.216. The zero-order valence-corrected chi connectivity index (χ0v) is 21.4. The molecule has 0 aliphatic carbocycles. The Labute approximate surface area is 217 Å². The molecule has 2 aromatic heterocycles. The van der Waals surface area contributed by atoms with Crippen molar-refractivity contribution in [2.24, 2.45) is 0 Å². The van der Waals surface area contributed by atoms with Crippen molar-refractivity contribution >= 4 is 29.0 Å². The number of thiazole rings is 1. The lowest BCUT2D eigenvalue weighted by Gasteiger charge is -2.21. The van der Waals surface area contributed by atoms with Crippen LogP contribution in [0.5, 0.6) is 0 Å². The largest absolute Gasteiger partial charge is 0.460 e. The predicted octanol–water partition coefficient (Wildman–Crippen LogP) is 6.33. The topological polar surface area (TPSA) is 84.4 Å². The highest BCUT2D eigenvalue weighted by molar-refractivity contribution is 7.17. The minimum absolute atomic E-state index is 0.0322. The van der Waals surface area contributed by atoms with Gasteiger partial charge in [-0.15, -0.1) is 11.3 Å². The van der Waals surface area contributed by atoms with Crippen molar-refractivity contribution in [2.45, 2.75) is 70.6 Å². The van der Waals surface area contributed by atoms with Crippen LogP contribution >= 0.6 is 11.3 Å². The molecule has 3 heterocycles. The zero-order chi connectivity index (χ0) is 28.4. The molecule has 1 aliphatic rings. The van der Waals surface area contributed by atoms with Gasteiger partial charge in [-0.2, -0.15) is 13.2 Å². The van der Waals surface area contributed by atoms with Gasteiger partial charge in [0, 0.05) is 29.8 Å². The van der Waals surface area contributed by atoms with E-state index in [0.29, 0.717) is 30.2 Å². The Hall–Kier alpha value is -2.97. The van der Waals surface area contributed by atoms with Gasteiger partial charge in [0.1, 0.15) is 17.6 Å². The number of unbranched alkanes of at least 4 members (excludes halogenated alkanes) is 1. The second-order valence-electron chi connectivity index (χ2n) is 8.89. The van der Waals surface area contributed by atoms with Crippen molar-refractivity contribution in [2.75, 3.05) is 18.5 Å². The number of ether oxygens (including phenoxy) is 1. The van der Waals surface area contributed by atoms with E-state index in [4.69, 9.17) is 4.74 Å². The Morgan fingerprint density at radius 2 is 2.00 bits per heavy atom. The number of amides is 1. The molecule has 1 N–H and O–H groups in total. The number of likely N-dealkylation sites (tertiary alicyclic amines) is 1. The minimum Gasteiger partial charge on any atom is -0.460 e. The number of rotatable bonds is 9. The van der Waals surface area contributed by atoms with Crippen LogP contribution in [0, 0.1) is 0 Å². The van der Waals surface area contributed by atoms with E-state index in [2.05, 4.69) is 9.97 Å². The third kappa shape index (κ3) is 6.72. The van der Waals surface area contributed by atoms with Gasteiger partial charge in [0.2, 0.25) is 5.01 Å². The van der Waals surface area contributed by atoms with Crippen LogP contribution in [0.25, 0.3) is 10.4 Å². The number of halogens is 7. The van der Waals surface area contributed by atoms with Crippen LogP contribution in [0.2, 0.25) is 0 Å². The molecule has 7 nitrogen and oxygen atoms in total. The van der Waals surface area contributed by atoms with Gasteiger partial charge in [0.05, 0.1) is 18.0 Å².